The van der Waals surface area contributed by atoms with E-state index in [0.29, 0.717) is 10.8 Å². The number of carbonyl (C=O) groups excluding carboxylic acids is 4. The average Bonchev–Trinajstić information content (AvgIpc) is 3.57. The largest absolute Gasteiger partial charge is 0.379 e. The fourth-order valence-corrected chi connectivity index (χ4v) is 6.32. The minimum absolute atomic E-state index is 0.0151. The van der Waals surface area contributed by atoms with Gasteiger partial charge in [-0.2, -0.15) is 0 Å². The van der Waals surface area contributed by atoms with Gasteiger partial charge in [0.1, 0.15) is 11.7 Å². The molecule has 0 aromatic carbocycles. The van der Waals surface area contributed by atoms with Crippen LogP contribution in [0.25, 0.3) is 0 Å². The van der Waals surface area contributed by atoms with Gasteiger partial charge in [0.05, 0.1) is 30.7 Å². The van der Waals surface area contributed by atoms with E-state index in [4.69, 9.17) is 4.74 Å². The first-order valence-corrected chi connectivity index (χ1v) is 15.4. The van der Waals surface area contributed by atoms with Gasteiger partial charge in [-0.15, -0.1) is 11.3 Å². The lowest BCUT2D eigenvalue weighted by Gasteiger charge is -2.39. The second-order valence-corrected chi connectivity index (χ2v) is 13.0. The highest BCUT2D eigenvalue weighted by molar-refractivity contribution is 7.14. The maximum absolute atomic E-state index is 13.8. The van der Waals surface area contributed by atoms with E-state index >= 15 is 0 Å². The van der Waals surface area contributed by atoms with Crippen molar-refractivity contribution in [1.29, 1.82) is 0 Å². The summed E-state index contributed by atoms with van der Waals surface area (Å²) in [6.07, 6.45) is 1.11. The number of ether oxygens (including phenoxy) is 1. The zero-order valence-corrected chi connectivity index (χ0v) is 27.1. The summed E-state index contributed by atoms with van der Waals surface area (Å²) < 4.78 is 5.76. The van der Waals surface area contributed by atoms with Crippen LogP contribution >= 0.6 is 11.3 Å². The Bertz CT molecular complexity index is 1030. The molecule has 1 saturated heterocycles. The second-order valence-electron chi connectivity index (χ2n) is 12.1. The molecule has 3 amide bonds. The van der Waals surface area contributed by atoms with Crippen molar-refractivity contribution in [2.24, 2.45) is 17.8 Å². The first kappa shape index (κ1) is 34.8. The van der Waals surface area contributed by atoms with Crippen LogP contribution in [0.4, 0.5) is 5.13 Å². The Hall–Kier alpha value is -2.41. The van der Waals surface area contributed by atoms with Crippen LogP contribution in [-0.2, 0) is 19.1 Å². The van der Waals surface area contributed by atoms with Crippen molar-refractivity contribution in [2.75, 3.05) is 40.1 Å². The molecule has 12 heteroatoms. The summed E-state index contributed by atoms with van der Waals surface area (Å²) in [5.74, 6) is -0.947. The zero-order valence-electron chi connectivity index (χ0n) is 26.3. The van der Waals surface area contributed by atoms with Crippen LogP contribution in [0.3, 0.4) is 0 Å². The van der Waals surface area contributed by atoms with Crippen molar-refractivity contribution < 1.29 is 23.9 Å². The highest BCUT2D eigenvalue weighted by Gasteiger charge is 2.38. The Labute approximate surface area is 249 Å². The molecular weight excluding hydrogens is 544 g/mol. The summed E-state index contributed by atoms with van der Waals surface area (Å²) in [6, 6.07) is -1.77. The molecule has 2 rings (SSSR count). The van der Waals surface area contributed by atoms with Crippen LogP contribution in [0.5, 0.6) is 0 Å². The van der Waals surface area contributed by atoms with Crippen LogP contribution in [-0.4, -0.2) is 103 Å². The van der Waals surface area contributed by atoms with Crippen molar-refractivity contribution in [3.63, 3.8) is 0 Å². The number of nitrogens with one attached hydrogen (secondary N) is 3. The van der Waals surface area contributed by atoms with Crippen LogP contribution in [0.1, 0.15) is 71.3 Å². The standard InChI is InChI=1S/C29H50N6O5S/c1-16(2)23(33-27(38)25(18(5)6)34(7)8)28(39)35(9)24(17(3)4)21(40-10)14-22(36)32-29-31-20(15-41-29)26(37)19-12-11-13-30-19/h15-19,21,23-25,30H,11-14H2,1-10H3,(H,33,38)(H,31,32,36)/t19?,21-,23+,24+,25+/m1/s1. The molecule has 1 aromatic heterocycles. The van der Waals surface area contributed by atoms with E-state index in [0.717, 1.165) is 19.4 Å². The summed E-state index contributed by atoms with van der Waals surface area (Å²) in [5, 5.41) is 11.0. The summed E-state index contributed by atoms with van der Waals surface area (Å²) in [6.45, 7) is 12.5. The molecule has 1 unspecified atom stereocenters. The average molecular weight is 595 g/mol. The van der Waals surface area contributed by atoms with E-state index in [9.17, 15) is 19.2 Å². The maximum Gasteiger partial charge on any atom is 0.245 e. The third-order valence-corrected chi connectivity index (χ3v) is 8.37. The van der Waals surface area contributed by atoms with Crippen molar-refractivity contribution in [3.8, 4) is 0 Å². The number of aromatic nitrogens is 1. The van der Waals surface area contributed by atoms with Gasteiger partial charge < -0.3 is 25.6 Å². The molecule has 0 radical (unpaired) electrons. The van der Waals surface area contributed by atoms with Crippen LogP contribution in [0.15, 0.2) is 5.38 Å². The predicted molar refractivity (Wildman–Crippen MR) is 162 cm³/mol. The Morgan fingerprint density at radius 3 is 2.22 bits per heavy atom. The lowest BCUT2D eigenvalue weighted by atomic mass is 9.92. The fourth-order valence-electron chi connectivity index (χ4n) is 5.61. The molecule has 2 heterocycles. The smallest absolute Gasteiger partial charge is 0.245 e. The summed E-state index contributed by atoms with van der Waals surface area (Å²) in [4.78, 5) is 60.4. The SMILES string of the molecule is CO[C@H](CC(=O)Nc1nc(C(=O)C2CCCN2)cs1)[C@H](C(C)C)N(C)C(=O)[C@@H](NC(=O)[C@H](C(C)C)N(C)C)C(C)C. The molecule has 1 aliphatic rings. The fraction of sp³-hybridized carbons (Fsp3) is 0.759. The lowest BCUT2D eigenvalue weighted by molar-refractivity contribution is -0.144. The normalized spacial score (nSPS) is 18.4. The first-order valence-electron chi connectivity index (χ1n) is 14.5. The van der Waals surface area contributed by atoms with E-state index < -0.39 is 18.2 Å². The monoisotopic (exact) mass is 594 g/mol. The molecule has 232 valence electrons. The van der Waals surface area contributed by atoms with Crippen molar-refractivity contribution in [3.05, 3.63) is 11.1 Å². The van der Waals surface area contributed by atoms with Gasteiger partial charge in [0.25, 0.3) is 0 Å². The molecule has 0 saturated carbocycles. The zero-order chi connectivity index (χ0) is 31.0. The van der Waals surface area contributed by atoms with Gasteiger partial charge in [0.15, 0.2) is 10.9 Å². The van der Waals surface area contributed by atoms with Crippen molar-refractivity contribution >= 4 is 40.0 Å². The van der Waals surface area contributed by atoms with Crippen molar-refractivity contribution in [2.45, 2.75) is 91.1 Å². The van der Waals surface area contributed by atoms with Crippen LogP contribution in [0, 0.1) is 17.8 Å². The Kier molecular flexibility index (Phi) is 13.3. The summed E-state index contributed by atoms with van der Waals surface area (Å²) >= 11 is 1.20. The number of rotatable bonds is 15. The molecule has 0 bridgehead atoms. The molecule has 1 aromatic rings. The molecule has 5 atom stereocenters. The molecule has 41 heavy (non-hydrogen) atoms. The number of thiazole rings is 1. The number of carbonyl (C=O) groups is 4. The first-order chi connectivity index (χ1) is 19.2. The van der Waals surface area contributed by atoms with Crippen molar-refractivity contribution in [1.82, 2.24) is 25.4 Å². The van der Waals surface area contributed by atoms with Gasteiger partial charge in [-0.25, -0.2) is 4.98 Å². The Balaban J connectivity index is 2.13. The maximum atomic E-state index is 13.8. The lowest BCUT2D eigenvalue weighted by Crippen LogP contribution is -2.59. The van der Waals surface area contributed by atoms with E-state index in [2.05, 4.69) is 20.9 Å². The van der Waals surface area contributed by atoms with E-state index in [1.165, 1.54) is 18.4 Å². The third-order valence-electron chi connectivity index (χ3n) is 7.61. The van der Waals surface area contributed by atoms with Crippen LogP contribution < -0.4 is 16.0 Å². The molecule has 0 spiro atoms. The molecule has 1 fully saturated rings. The molecular formula is C29H50N6O5S. The quantitative estimate of drug-likeness (QED) is 0.264. The summed E-state index contributed by atoms with van der Waals surface area (Å²) in [7, 11) is 6.91. The minimum atomic E-state index is -0.734. The molecule has 3 N–H and O–H groups in total. The number of likely N-dealkylation sites (N-methyl/N-ethyl adjacent to an activating group) is 2. The van der Waals surface area contributed by atoms with Gasteiger partial charge in [0.2, 0.25) is 17.7 Å². The van der Waals surface area contributed by atoms with Gasteiger partial charge in [-0.05, 0) is 51.2 Å². The van der Waals surface area contributed by atoms with Gasteiger partial charge >= 0.3 is 0 Å². The van der Waals surface area contributed by atoms with Gasteiger partial charge in [0, 0.05) is 19.5 Å². The number of ketones is 1. The summed E-state index contributed by atoms with van der Waals surface area (Å²) in [5.41, 5.74) is 0.342. The van der Waals surface area contributed by atoms with Gasteiger partial charge in [-0.3, -0.25) is 24.1 Å². The third kappa shape index (κ3) is 9.29. The topological polar surface area (TPSA) is 133 Å². The number of hydrogen-bond acceptors (Lipinski definition) is 9. The van der Waals surface area contributed by atoms with E-state index in [1.807, 2.05) is 60.5 Å². The minimum Gasteiger partial charge on any atom is -0.379 e. The Morgan fingerprint density at radius 2 is 1.73 bits per heavy atom. The van der Waals surface area contributed by atoms with E-state index in [1.54, 1.807) is 17.3 Å². The number of nitrogens with zero attached hydrogens (tertiary/aromatic N) is 3. The van der Waals surface area contributed by atoms with Crippen LogP contribution in [0.2, 0.25) is 0 Å². The molecule has 11 nitrogen and oxygen atoms in total. The predicted octanol–water partition coefficient (Wildman–Crippen LogP) is 2.63. The number of methoxy groups -OCH3 is 1. The highest BCUT2D eigenvalue weighted by Crippen LogP contribution is 2.23. The van der Waals surface area contributed by atoms with Gasteiger partial charge in [-0.1, -0.05) is 41.5 Å². The second kappa shape index (κ2) is 15.7. The molecule has 1 aliphatic heterocycles. The Morgan fingerprint density at radius 1 is 1.07 bits per heavy atom. The number of hydrogen-bond donors (Lipinski definition) is 3. The molecule has 0 aliphatic carbocycles. The number of amides is 3. The number of anilines is 1. The van der Waals surface area contributed by atoms with E-state index in [-0.39, 0.29) is 59.8 Å². The number of Topliss-reactive ketones (excluding diaryl/α,β-unsaturated/α-hetero) is 1. The highest BCUT2D eigenvalue weighted by atomic mass is 32.1.